The summed E-state index contributed by atoms with van der Waals surface area (Å²) in [5.41, 5.74) is 0. The van der Waals surface area contributed by atoms with Gasteiger partial charge in [-0.3, -0.25) is 0 Å². The van der Waals surface area contributed by atoms with Crippen molar-refractivity contribution in [1.82, 2.24) is 15.5 Å². The molecule has 0 aromatic rings. The van der Waals surface area contributed by atoms with Crippen molar-refractivity contribution in [3.63, 3.8) is 0 Å². The van der Waals surface area contributed by atoms with Crippen LogP contribution >= 0.6 is 0 Å². The molecule has 2 unspecified atom stereocenters. The van der Waals surface area contributed by atoms with Gasteiger partial charge in [0.05, 0.1) is 0 Å². The molecule has 2 saturated heterocycles. The maximum absolute atomic E-state index is 11.5. The van der Waals surface area contributed by atoms with Crippen LogP contribution < -0.4 is 10.6 Å². The van der Waals surface area contributed by atoms with Crippen molar-refractivity contribution < 1.29 is 4.79 Å². The van der Waals surface area contributed by atoms with Gasteiger partial charge in [0, 0.05) is 25.7 Å². The van der Waals surface area contributed by atoms with E-state index in [2.05, 4.69) is 17.6 Å². The molecule has 2 atom stereocenters. The van der Waals surface area contributed by atoms with Gasteiger partial charge in [-0.2, -0.15) is 0 Å². The van der Waals surface area contributed by atoms with Gasteiger partial charge >= 0.3 is 6.03 Å². The molecule has 4 heteroatoms. The Bertz CT molecular complexity index is 226. The van der Waals surface area contributed by atoms with E-state index in [-0.39, 0.29) is 6.03 Å². The third-order valence-corrected chi connectivity index (χ3v) is 3.33. The van der Waals surface area contributed by atoms with E-state index < -0.39 is 0 Å². The molecule has 2 aliphatic rings. The molecule has 0 radical (unpaired) electrons. The van der Waals surface area contributed by atoms with Crippen molar-refractivity contribution in [1.29, 1.82) is 0 Å². The Kier molecular flexibility index (Phi) is 3.46. The lowest BCUT2D eigenvalue weighted by Crippen LogP contribution is -2.51. The Morgan fingerprint density at radius 3 is 3.13 bits per heavy atom. The van der Waals surface area contributed by atoms with Crippen molar-refractivity contribution >= 4 is 6.03 Å². The number of nitrogens with zero attached hydrogens (tertiary/aromatic N) is 1. The fourth-order valence-electron chi connectivity index (χ4n) is 2.40. The SMILES string of the molecule is CC1CNC(=O)N(CCC2CCCN2)C1. The quantitative estimate of drug-likeness (QED) is 0.725. The second kappa shape index (κ2) is 4.84. The lowest BCUT2D eigenvalue weighted by atomic mass is 10.1. The van der Waals surface area contributed by atoms with E-state index in [1.54, 1.807) is 0 Å². The van der Waals surface area contributed by atoms with Gasteiger partial charge in [0.2, 0.25) is 0 Å². The molecule has 0 aromatic carbocycles. The highest BCUT2D eigenvalue weighted by Gasteiger charge is 2.23. The molecule has 2 N–H and O–H groups in total. The number of carbonyl (C=O) groups excluding carboxylic acids is 1. The molecule has 4 nitrogen and oxygen atoms in total. The van der Waals surface area contributed by atoms with Crippen molar-refractivity contribution in [3.05, 3.63) is 0 Å². The lowest BCUT2D eigenvalue weighted by Gasteiger charge is -2.32. The average Bonchev–Trinajstić information content (AvgIpc) is 2.72. The van der Waals surface area contributed by atoms with Gasteiger partial charge in [-0.1, -0.05) is 6.92 Å². The molecule has 2 rings (SSSR count). The molecule has 2 heterocycles. The number of nitrogens with one attached hydrogen (secondary N) is 2. The van der Waals surface area contributed by atoms with E-state index in [0.717, 1.165) is 32.6 Å². The van der Waals surface area contributed by atoms with E-state index in [0.29, 0.717) is 12.0 Å². The van der Waals surface area contributed by atoms with Gasteiger partial charge in [0.25, 0.3) is 0 Å². The van der Waals surface area contributed by atoms with Crippen LogP contribution in [0, 0.1) is 5.92 Å². The van der Waals surface area contributed by atoms with E-state index in [1.807, 2.05) is 4.90 Å². The highest BCUT2D eigenvalue weighted by Crippen LogP contribution is 2.12. The Morgan fingerprint density at radius 1 is 1.53 bits per heavy atom. The van der Waals surface area contributed by atoms with Crippen molar-refractivity contribution in [2.75, 3.05) is 26.2 Å². The van der Waals surface area contributed by atoms with Gasteiger partial charge < -0.3 is 15.5 Å². The topological polar surface area (TPSA) is 44.4 Å². The lowest BCUT2D eigenvalue weighted by molar-refractivity contribution is 0.168. The molecule has 0 bridgehead atoms. The average molecular weight is 211 g/mol. The highest BCUT2D eigenvalue weighted by molar-refractivity contribution is 5.74. The van der Waals surface area contributed by atoms with Gasteiger partial charge in [-0.15, -0.1) is 0 Å². The first-order valence-electron chi connectivity index (χ1n) is 6.02. The molecular weight excluding hydrogens is 190 g/mol. The van der Waals surface area contributed by atoms with Crippen LogP contribution in [0.2, 0.25) is 0 Å². The predicted molar refractivity (Wildman–Crippen MR) is 59.8 cm³/mol. The normalized spacial score (nSPS) is 31.8. The first-order valence-corrected chi connectivity index (χ1v) is 6.02. The Hall–Kier alpha value is -0.770. The standard InChI is InChI=1S/C11H21N3O/c1-9-7-13-11(15)14(8-9)6-4-10-3-2-5-12-10/h9-10,12H,2-8H2,1H3,(H,13,15). The minimum atomic E-state index is 0.117. The fraction of sp³-hybridized carbons (Fsp3) is 0.909. The number of rotatable bonds is 3. The Labute approximate surface area is 91.4 Å². The largest absolute Gasteiger partial charge is 0.338 e. The molecule has 0 aromatic heterocycles. The molecule has 2 fully saturated rings. The summed E-state index contributed by atoms with van der Waals surface area (Å²) in [5, 5.41) is 6.39. The molecule has 0 aliphatic carbocycles. The third kappa shape index (κ3) is 2.84. The van der Waals surface area contributed by atoms with Crippen molar-refractivity contribution in [2.24, 2.45) is 5.92 Å². The van der Waals surface area contributed by atoms with Crippen LogP contribution in [0.4, 0.5) is 4.79 Å². The molecule has 2 aliphatic heterocycles. The van der Waals surface area contributed by atoms with Crippen LogP contribution in [-0.4, -0.2) is 43.2 Å². The summed E-state index contributed by atoms with van der Waals surface area (Å²) in [6.45, 7) is 5.97. The van der Waals surface area contributed by atoms with E-state index in [4.69, 9.17) is 0 Å². The monoisotopic (exact) mass is 211 g/mol. The van der Waals surface area contributed by atoms with Crippen LogP contribution in [0.25, 0.3) is 0 Å². The molecule has 86 valence electrons. The molecule has 2 amide bonds. The number of amides is 2. The molecule has 15 heavy (non-hydrogen) atoms. The van der Waals surface area contributed by atoms with Crippen molar-refractivity contribution in [2.45, 2.75) is 32.2 Å². The second-order valence-electron chi connectivity index (χ2n) is 4.82. The summed E-state index contributed by atoms with van der Waals surface area (Å²) >= 11 is 0. The van der Waals surface area contributed by atoms with Crippen molar-refractivity contribution in [3.8, 4) is 0 Å². The minimum absolute atomic E-state index is 0.117. The Morgan fingerprint density at radius 2 is 2.40 bits per heavy atom. The molecule has 0 spiro atoms. The Balaban J connectivity index is 1.74. The first-order chi connectivity index (χ1) is 7.25. The molecule has 0 saturated carbocycles. The number of carbonyl (C=O) groups is 1. The van der Waals surface area contributed by atoms with Gasteiger partial charge in [-0.25, -0.2) is 4.79 Å². The van der Waals surface area contributed by atoms with Gasteiger partial charge in [0.1, 0.15) is 0 Å². The van der Waals surface area contributed by atoms with Crippen LogP contribution in [0.1, 0.15) is 26.2 Å². The number of hydrogen-bond acceptors (Lipinski definition) is 2. The van der Waals surface area contributed by atoms with Gasteiger partial charge in [-0.05, 0) is 31.7 Å². The van der Waals surface area contributed by atoms with Crippen LogP contribution in [0.3, 0.4) is 0 Å². The highest BCUT2D eigenvalue weighted by atomic mass is 16.2. The summed E-state index contributed by atoms with van der Waals surface area (Å²) in [4.78, 5) is 13.5. The summed E-state index contributed by atoms with van der Waals surface area (Å²) in [6.07, 6.45) is 3.65. The van der Waals surface area contributed by atoms with E-state index in [9.17, 15) is 4.79 Å². The zero-order valence-corrected chi connectivity index (χ0v) is 9.46. The first kappa shape index (κ1) is 10.7. The summed E-state index contributed by atoms with van der Waals surface area (Å²) in [7, 11) is 0. The van der Waals surface area contributed by atoms with Crippen LogP contribution in [0.15, 0.2) is 0 Å². The molecular formula is C11H21N3O. The van der Waals surface area contributed by atoms with Gasteiger partial charge in [0.15, 0.2) is 0 Å². The van der Waals surface area contributed by atoms with E-state index in [1.165, 1.54) is 12.8 Å². The fourth-order valence-corrected chi connectivity index (χ4v) is 2.40. The maximum Gasteiger partial charge on any atom is 0.317 e. The zero-order chi connectivity index (χ0) is 10.7. The third-order valence-electron chi connectivity index (χ3n) is 3.33. The van der Waals surface area contributed by atoms with E-state index >= 15 is 0 Å². The van der Waals surface area contributed by atoms with Crippen LogP contribution in [0.5, 0.6) is 0 Å². The summed E-state index contributed by atoms with van der Waals surface area (Å²) < 4.78 is 0. The van der Waals surface area contributed by atoms with Crippen LogP contribution in [-0.2, 0) is 0 Å². The maximum atomic E-state index is 11.5. The predicted octanol–water partition coefficient (Wildman–Crippen LogP) is 0.790. The summed E-state index contributed by atoms with van der Waals surface area (Å²) in [6, 6.07) is 0.751. The summed E-state index contributed by atoms with van der Waals surface area (Å²) in [5.74, 6) is 0.583. The number of urea groups is 1. The second-order valence-corrected chi connectivity index (χ2v) is 4.82. The zero-order valence-electron chi connectivity index (χ0n) is 9.46. The number of hydrogen-bond donors (Lipinski definition) is 2. The smallest absolute Gasteiger partial charge is 0.317 e. The minimum Gasteiger partial charge on any atom is -0.338 e.